The minimum atomic E-state index is -1.78. The molecule has 1 fully saturated rings. The molecule has 2 atom stereocenters. The zero-order valence-corrected chi connectivity index (χ0v) is 29.8. The Morgan fingerprint density at radius 2 is 1.46 bits per heavy atom. The van der Waals surface area contributed by atoms with E-state index in [1.165, 1.54) is 12.0 Å². The van der Waals surface area contributed by atoms with Crippen molar-refractivity contribution in [1.29, 1.82) is 0 Å². The average molecular weight is 828 g/mol. The number of benzene rings is 3. The lowest BCUT2D eigenvalue weighted by Crippen LogP contribution is -2.58. The second-order valence-corrected chi connectivity index (χ2v) is 13.0. The highest BCUT2D eigenvalue weighted by Gasteiger charge is 2.36. The number of carbonyl (C=O) groups is 7. The van der Waals surface area contributed by atoms with Crippen molar-refractivity contribution in [2.24, 2.45) is 0 Å². The Bertz CT molecular complexity index is 1880. The molecule has 1 aliphatic heterocycles. The smallest absolute Gasteiger partial charge is 0.407 e. The van der Waals surface area contributed by atoms with E-state index in [9.17, 15) is 43.8 Å². The first-order valence-electron chi connectivity index (χ1n) is 16.0. The number of nitrogens with zero attached hydrogens (tertiary/aromatic N) is 2. The van der Waals surface area contributed by atoms with Crippen LogP contribution >= 0.6 is 22.6 Å². The molecule has 0 radical (unpaired) electrons. The number of aliphatic carboxylic acids is 2. The number of carboxylic acid groups (broad SMARTS) is 2. The Morgan fingerprint density at radius 1 is 0.865 bits per heavy atom. The van der Waals surface area contributed by atoms with Gasteiger partial charge in [0.1, 0.15) is 31.1 Å². The Balaban J connectivity index is 1.23. The number of hydrogen-bond acceptors (Lipinski definition) is 9. The maximum Gasteiger partial charge on any atom is 0.407 e. The fraction of sp³-hybridized carbons (Fsp3) is 0.286. The van der Waals surface area contributed by atoms with Crippen molar-refractivity contribution in [2.45, 2.75) is 37.3 Å². The molecule has 3 aromatic carbocycles. The van der Waals surface area contributed by atoms with Crippen molar-refractivity contribution in [3.05, 3.63) is 81.4 Å². The van der Waals surface area contributed by atoms with E-state index in [-0.39, 0.29) is 25.5 Å². The second-order valence-electron chi connectivity index (χ2n) is 11.8. The van der Waals surface area contributed by atoms with E-state index < -0.39 is 73.4 Å². The summed E-state index contributed by atoms with van der Waals surface area (Å²) in [6.45, 7) is -0.757. The Labute approximate surface area is 310 Å². The van der Waals surface area contributed by atoms with Gasteiger partial charge in [-0.1, -0.05) is 48.5 Å². The third-order valence-electron chi connectivity index (χ3n) is 8.50. The number of imide groups is 1. The van der Waals surface area contributed by atoms with Crippen LogP contribution in [0.15, 0.2) is 66.7 Å². The fourth-order valence-corrected chi connectivity index (χ4v) is 6.52. The van der Waals surface area contributed by atoms with Gasteiger partial charge in [-0.05, 0) is 63.0 Å². The number of hydrogen-bond donors (Lipinski definition) is 5. The number of fused-ring (bicyclic) bond motifs is 3. The molecule has 272 valence electrons. The molecular weight excluding hydrogens is 793 g/mol. The summed E-state index contributed by atoms with van der Waals surface area (Å²) >= 11 is 2.06. The fourth-order valence-electron chi connectivity index (χ4n) is 6.05. The molecule has 2 aliphatic rings. The highest BCUT2D eigenvalue weighted by molar-refractivity contribution is 14.1. The van der Waals surface area contributed by atoms with E-state index in [4.69, 9.17) is 9.47 Å². The molecule has 17 heteroatoms. The van der Waals surface area contributed by atoms with Crippen LogP contribution in [0.2, 0.25) is 0 Å². The summed E-state index contributed by atoms with van der Waals surface area (Å²) in [7, 11) is 1.43. The van der Waals surface area contributed by atoms with Crippen LogP contribution in [0.25, 0.3) is 11.1 Å². The van der Waals surface area contributed by atoms with Crippen LogP contribution in [0.3, 0.4) is 0 Å². The summed E-state index contributed by atoms with van der Waals surface area (Å²) in [5, 5.41) is 25.6. The van der Waals surface area contributed by atoms with Crippen molar-refractivity contribution in [1.82, 2.24) is 20.9 Å². The first kappa shape index (κ1) is 37.5. The van der Waals surface area contributed by atoms with E-state index in [0.717, 1.165) is 30.7 Å². The molecule has 6 amide bonds. The Kier molecular flexibility index (Phi) is 11.9. The predicted molar refractivity (Wildman–Crippen MR) is 191 cm³/mol. The molecule has 52 heavy (non-hydrogen) atoms. The van der Waals surface area contributed by atoms with E-state index in [1.807, 2.05) is 48.5 Å². The Morgan fingerprint density at radius 3 is 2.06 bits per heavy atom. The molecule has 1 saturated heterocycles. The van der Waals surface area contributed by atoms with Crippen LogP contribution in [-0.2, 0) is 28.7 Å². The zero-order chi connectivity index (χ0) is 37.5. The molecule has 1 aliphatic carbocycles. The van der Waals surface area contributed by atoms with Crippen LogP contribution < -0.4 is 25.6 Å². The third kappa shape index (κ3) is 8.59. The van der Waals surface area contributed by atoms with Gasteiger partial charge in [0.05, 0.1) is 25.6 Å². The second kappa shape index (κ2) is 16.5. The van der Waals surface area contributed by atoms with Gasteiger partial charge in [0.2, 0.25) is 17.7 Å². The minimum absolute atomic E-state index is 0.0396. The molecule has 16 nitrogen and oxygen atoms in total. The quantitative estimate of drug-likeness (QED) is 0.149. The lowest BCUT2D eigenvalue weighted by atomic mass is 9.98. The molecule has 3 aromatic rings. The normalized spacial score (nSPS) is 14.8. The number of carboxylic acids is 2. The number of amides is 6. The van der Waals surface area contributed by atoms with Gasteiger partial charge in [0.15, 0.2) is 0 Å². The largest absolute Gasteiger partial charge is 0.495 e. The van der Waals surface area contributed by atoms with Gasteiger partial charge < -0.3 is 35.6 Å². The summed E-state index contributed by atoms with van der Waals surface area (Å²) in [6.07, 6.45) is -3.08. The van der Waals surface area contributed by atoms with Crippen molar-refractivity contribution >= 4 is 70.1 Å². The molecule has 1 heterocycles. The van der Waals surface area contributed by atoms with E-state index >= 15 is 0 Å². The monoisotopic (exact) mass is 827 g/mol. The van der Waals surface area contributed by atoms with Crippen molar-refractivity contribution < 1.29 is 53.2 Å². The van der Waals surface area contributed by atoms with Crippen LogP contribution in [0.4, 0.5) is 15.3 Å². The van der Waals surface area contributed by atoms with Crippen molar-refractivity contribution in [2.75, 3.05) is 31.8 Å². The van der Waals surface area contributed by atoms with Gasteiger partial charge in [-0.3, -0.25) is 28.9 Å². The maximum atomic E-state index is 13.4. The first-order chi connectivity index (χ1) is 24.9. The van der Waals surface area contributed by atoms with Crippen LogP contribution in [0.1, 0.15) is 36.3 Å². The van der Waals surface area contributed by atoms with Gasteiger partial charge in [0, 0.05) is 22.5 Å². The van der Waals surface area contributed by atoms with Gasteiger partial charge in [-0.25, -0.2) is 14.5 Å². The number of rotatable bonds is 14. The lowest BCUT2D eigenvalue weighted by Gasteiger charge is -2.35. The minimum Gasteiger partial charge on any atom is -0.495 e. The van der Waals surface area contributed by atoms with Crippen LogP contribution in [-0.4, -0.2) is 95.9 Å². The highest BCUT2D eigenvalue weighted by Crippen LogP contribution is 2.44. The number of ether oxygens (including phenoxy) is 2. The predicted octanol–water partition coefficient (Wildman–Crippen LogP) is 2.87. The first-order valence-corrected chi connectivity index (χ1v) is 17.0. The number of nitrogens with one attached hydrogen (secondary N) is 3. The highest BCUT2D eigenvalue weighted by atomic mass is 127. The summed E-state index contributed by atoms with van der Waals surface area (Å²) in [6, 6.07) is 16.0. The number of urea groups is 1. The molecule has 0 spiro atoms. The summed E-state index contributed by atoms with van der Waals surface area (Å²) in [5.74, 6) is -5.80. The molecule has 0 bridgehead atoms. The topological polar surface area (TPSA) is 221 Å². The number of halogens is 1. The van der Waals surface area contributed by atoms with Gasteiger partial charge >= 0.3 is 24.1 Å². The van der Waals surface area contributed by atoms with Gasteiger partial charge in [0.25, 0.3) is 0 Å². The SMILES string of the molecule is COc1ccc(I)cc1N1CCC(=O)N(CNC(=O)[C@H](CC(=O)O)NC(=O)[C@@H](CC(=O)O)NC(=O)OCC2c3ccccc3-c3ccccc32)C1=O. The molecule has 0 saturated carbocycles. The molecule has 5 rings (SSSR count). The van der Waals surface area contributed by atoms with E-state index in [1.54, 1.807) is 18.2 Å². The molecule has 0 unspecified atom stereocenters. The van der Waals surface area contributed by atoms with E-state index in [0.29, 0.717) is 11.4 Å². The van der Waals surface area contributed by atoms with Gasteiger partial charge in [-0.15, -0.1) is 0 Å². The maximum absolute atomic E-state index is 13.4. The molecule has 5 N–H and O–H groups in total. The number of methoxy groups -OCH3 is 1. The number of anilines is 1. The summed E-state index contributed by atoms with van der Waals surface area (Å²) in [4.78, 5) is 90.7. The zero-order valence-electron chi connectivity index (χ0n) is 27.7. The van der Waals surface area contributed by atoms with Crippen LogP contribution in [0, 0.1) is 3.57 Å². The van der Waals surface area contributed by atoms with Gasteiger partial charge in [-0.2, -0.15) is 0 Å². The summed E-state index contributed by atoms with van der Waals surface area (Å²) in [5.41, 5.74) is 4.21. The summed E-state index contributed by atoms with van der Waals surface area (Å²) < 4.78 is 11.6. The Hall–Kier alpha value is -5.72. The van der Waals surface area contributed by atoms with Crippen molar-refractivity contribution in [3.8, 4) is 16.9 Å². The molecular formula is C35H34IN5O11. The lowest BCUT2D eigenvalue weighted by molar-refractivity contribution is -0.142. The van der Waals surface area contributed by atoms with Crippen molar-refractivity contribution in [3.63, 3.8) is 0 Å². The average Bonchev–Trinajstić information content (AvgIpc) is 3.43. The number of carbonyl (C=O) groups excluding carboxylic acids is 5. The standard InChI is InChI=1S/C35H34IN5O11/c1-51-28-11-10-19(36)14-27(28)40-13-12-29(42)41(35(40)50)18-37-32(47)25(15-30(43)44)38-33(48)26(16-31(45)46)39-34(49)52-17-24-22-8-4-2-6-20(22)21-7-3-5-9-23(21)24/h2-11,14,24-26H,12-13,15-18H2,1H3,(H,37,47)(H,38,48)(H,39,49)(H,43,44)(H,45,46)/t25-,26+/m0/s1. The van der Waals surface area contributed by atoms with Crippen LogP contribution in [0.5, 0.6) is 5.75 Å². The van der Waals surface area contributed by atoms with E-state index in [2.05, 4.69) is 38.5 Å². The number of alkyl carbamates (subject to hydrolysis) is 1. The molecule has 0 aromatic heterocycles. The third-order valence-corrected chi connectivity index (χ3v) is 9.17.